The van der Waals surface area contributed by atoms with Crippen LogP contribution < -0.4 is 20.1 Å². The molecule has 0 spiro atoms. The second-order valence-electron chi connectivity index (χ2n) is 9.47. The average Bonchev–Trinajstić information content (AvgIpc) is 3.36. The van der Waals surface area contributed by atoms with Crippen molar-refractivity contribution >= 4 is 17.5 Å². The molecule has 1 unspecified atom stereocenters. The molecule has 2 N–H and O–H groups in total. The Morgan fingerprint density at radius 1 is 1.00 bits per heavy atom. The number of ether oxygens (including phenoxy) is 2. The molecule has 1 amide bonds. The summed E-state index contributed by atoms with van der Waals surface area (Å²) in [7, 11) is 1.60. The third-order valence-electron chi connectivity index (χ3n) is 6.57. The number of hydrogen-bond donors (Lipinski definition) is 2. The van der Waals surface area contributed by atoms with Crippen LogP contribution in [-0.4, -0.2) is 33.2 Å². The molecule has 38 heavy (non-hydrogen) atoms. The van der Waals surface area contributed by atoms with Gasteiger partial charge in [0.1, 0.15) is 12.6 Å². The zero-order chi connectivity index (χ0) is 26.8. The van der Waals surface area contributed by atoms with E-state index >= 15 is 0 Å². The van der Waals surface area contributed by atoms with Gasteiger partial charge in [0.25, 0.3) is 5.91 Å². The number of carbonyl (C=O) groups is 1. The number of nitrogens with one attached hydrogen (secondary N) is 2. The van der Waals surface area contributed by atoms with Crippen LogP contribution in [0.3, 0.4) is 0 Å². The molecule has 194 valence electrons. The number of hydrogen-bond acceptors (Lipinski definition) is 7. The predicted molar refractivity (Wildman–Crippen MR) is 145 cm³/mol. The third kappa shape index (κ3) is 4.95. The SMILES string of the molecule is COc1cc(C2C(C(=O)Nc3ccc(C)cc3C)=C(C)Nc3nnnn32)ccc1OCc1cccc(C)c1. The van der Waals surface area contributed by atoms with Crippen molar-refractivity contribution in [2.45, 2.75) is 40.3 Å². The Morgan fingerprint density at radius 3 is 2.58 bits per heavy atom. The summed E-state index contributed by atoms with van der Waals surface area (Å²) in [5.41, 5.74) is 7.05. The van der Waals surface area contributed by atoms with Gasteiger partial charge < -0.3 is 20.1 Å². The van der Waals surface area contributed by atoms with Crippen molar-refractivity contribution in [1.29, 1.82) is 0 Å². The number of aryl methyl sites for hydroxylation is 3. The van der Waals surface area contributed by atoms with E-state index < -0.39 is 6.04 Å². The number of aromatic nitrogens is 4. The molecule has 0 fully saturated rings. The topological polar surface area (TPSA) is 103 Å². The Balaban J connectivity index is 1.48. The third-order valence-corrected chi connectivity index (χ3v) is 6.57. The van der Waals surface area contributed by atoms with Crippen LogP contribution in [0, 0.1) is 20.8 Å². The van der Waals surface area contributed by atoms with Crippen LogP contribution in [-0.2, 0) is 11.4 Å². The number of carbonyl (C=O) groups excluding carboxylic acids is 1. The molecule has 1 aromatic heterocycles. The number of allylic oxidation sites excluding steroid dienone is 1. The fourth-order valence-corrected chi connectivity index (χ4v) is 4.69. The minimum atomic E-state index is -0.577. The Morgan fingerprint density at radius 2 is 1.82 bits per heavy atom. The first-order valence-corrected chi connectivity index (χ1v) is 12.3. The molecule has 0 saturated heterocycles. The number of tetrazole rings is 1. The van der Waals surface area contributed by atoms with Gasteiger partial charge in [-0.15, -0.1) is 0 Å². The standard InChI is InChI=1S/C29H30N6O3/c1-17-7-6-8-21(14-17)16-38-24-12-10-22(15-25(24)37-5)27-26(20(4)30-29-32-33-34-35(27)29)28(36)31-23-11-9-18(2)13-19(23)3/h6-15,27H,16H2,1-5H3,(H,31,36)(H,30,32,34). The molecule has 0 saturated carbocycles. The minimum absolute atomic E-state index is 0.244. The van der Waals surface area contributed by atoms with Gasteiger partial charge in [0, 0.05) is 11.4 Å². The fraction of sp³-hybridized carbons (Fsp3) is 0.241. The van der Waals surface area contributed by atoms with Gasteiger partial charge in [0.2, 0.25) is 5.95 Å². The van der Waals surface area contributed by atoms with Crippen LogP contribution in [0.2, 0.25) is 0 Å². The Hall–Kier alpha value is -4.66. The summed E-state index contributed by atoms with van der Waals surface area (Å²) in [4.78, 5) is 13.7. The van der Waals surface area contributed by atoms with Gasteiger partial charge in [0.05, 0.1) is 12.7 Å². The summed E-state index contributed by atoms with van der Waals surface area (Å²) in [6.07, 6.45) is 0. The first-order chi connectivity index (χ1) is 18.3. The van der Waals surface area contributed by atoms with Crippen molar-refractivity contribution < 1.29 is 14.3 Å². The van der Waals surface area contributed by atoms with Gasteiger partial charge in [-0.1, -0.05) is 58.7 Å². The lowest BCUT2D eigenvalue weighted by Crippen LogP contribution is -2.31. The lowest BCUT2D eigenvalue weighted by Gasteiger charge is -2.28. The van der Waals surface area contributed by atoms with E-state index in [9.17, 15) is 4.79 Å². The second kappa shape index (κ2) is 10.4. The number of amides is 1. The zero-order valence-electron chi connectivity index (χ0n) is 22.1. The molecule has 5 rings (SSSR count). The van der Waals surface area contributed by atoms with E-state index in [1.54, 1.807) is 11.8 Å². The molecule has 0 bridgehead atoms. The quantitative estimate of drug-likeness (QED) is 0.356. The molecule has 9 nitrogen and oxygen atoms in total. The Labute approximate surface area is 221 Å². The summed E-state index contributed by atoms with van der Waals surface area (Å²) in [5.74, 6) is 1.36. The number of methoxy groups -OCH3 is 1. The van der Waals surface area contributed by atoms with Crippen LogP contribution in [0.15, 0.2) is 71.9 Å². The Bertz CT molecular complexity index is 1540. The lowest BCUT2D eigenvalue weighted by atomic mass is 9.94. The van der Waals surface area contributed by atoms with Crippen LogP contribution in [0.4, 0.5) is 11.6 Å². The molecule has 0 aliphatic carbocycles. The van der Waals surface area contributed by atoms with E-state index in [0.29, 0.717) is 35.3 Å². The van der Waals surface area contributed by atoms with Crippen molar-refractivity contribution in [3.8, 4) is 11.5 Å². The van der Waals surface area contributed by atoms with Crippen molar-refractivity contribution in [2.75, 3.05) is 17.7 Å². The molecule has 1 aliphatic rings. The molecule has 2 heterocycles. The highest BCUT2D eigenvalue weighted by Crippen LogP contribution is 2.39. The van der Waals surface area contributed by atoms with E-state index in [-0.39, 0.29) is 5.91 Å². The molecule has 9 heteroatoms. The maximum atomic E-state index is 13.7. The van der Waals surface area contributed by atoms with Gasteiger partial charge in [-0.3, -0.25) is 4.79 Å². The number of nitrogens with zero attached hydrogens (tertiary/aromatic N) is 4. The summed E-state index contributed by atoms with van der Waals surface area (Å²) >= 11 is 0. The monoisotopic (exact) mass is 510 g/mol. The number of benzene rings is 3. The predicted octanol–water partition coefficient (Wildman–Crippen LogP) is 5.11. The van der Waals surface area contributed by atoms with E-state index in [4.69, 9.17) is 9.47 Å². The molecule has 4 aromatic rings. The average molecular weight is 511 g/mol. The van der Waals surface area contributed by atoms with Gasteiger partial charge in [-0.05, 0) is 73.0 Å². The van der Waals surface area contributed by atoms with Crippen molar-refractivity contribution in [3.63, 3.8) is 0 Å². The van der Waals surface area contributed by atoms with Crippen LogP contribution in [0.25, 0.3) is 0 Å². The molecular formula is C29H30N6O3. The highest BCUT2D eigenvalue weighted by molar-refractivity contribution is 6.06. The zero-order valence-corrected chi connectivity index (χ0v) is 22.1. The highest BCUT2D eigenvalue weighted by Gasteiger charge is 2.34. The van der Waals surface area contributed by atoms with E-state index in [0.717, 1.165) is 27.9 Å². The second-order valence-corrected chi connectivity index (χ2v) is 9.47. The van der Waals surface area contributed by atoms with Crippen molar-refractivity contribution in [3.05, 3.63) is 99.8 Å². The first kappa shape index (κ1) is 25.0. The van der Waals surface area contributed by atoms with Crippen LogP contribution in [0.5, 0.6) is 11.5 Å². The molecule has 3 aromatic carbocycles. The van der Waals surface area contributed by atoms with Crippen LogP contribution >= 0.6 is 0 Å². The maximum absolute atomic E-state index is 13.7. The van der Waals surface area contributed by atoms with Gasteiger partial charge in [-0.2, -0.15) is 4.68 Å². The highest BCUT2D eigenvalue weighted by atomic mass is 16.5. The summed E-state index contributed by atoms with van der Waals surface area (Å²) in [6, 6.07) is 19.1. The Kier molecular flexibility index (Phi) is 6.83. The maximum Gasteiger partial charge on any atom is 0.255 e. The number of anilines is 2. The number of fused-ring (bicyclic) bond motifs is 1. The molecule has 1 atom stereocenters. The summed E-state index contributed by atoms with van der Waals surface area (Å²) in [5, 5.41) is 18.3. The summed E-state index contributed by atoms with van der Waals surface area (Å²) in [6.45, 7) is 8.30. The lowest BCUT2D eigenvalue weighted by molar-refractivity contribution is -0.113. The van der Waals surface area contributed by atoms with E-state index in [2.05, 4.69) is 45.2 Å². The number of rotatable bonds is 7. The van der Waals surface area contributed by atoms with Crippen molar-refractivity contribution in [2.24, 2.45) is 0 Å². The molecular weight excluding hydrogens is 480 g/mol. The normalized spacial score (nSPS) is 14.5. The first-order valence-electron chi connectivity index (χ1n) is 12.3. The fourth-order valence-electron chi connectivity index (χ4n) is 4.69. The smallest absolute Gasteiger partial charge is 0.255 e. The van der Waals surface area contributed by atoms with Crippen molar-refractivity contribution in [1.82, 2.24) is 20.2 Å². The van der Waals surface area contributed by atoms with E-state index in [1.807, 2.05) is 69.3 Å². The summed E-state index contributed by atoms with van der Waals surface area (Å²) < 4.78 is 13.4. The minimum Gasteiger partial charge on any atom is -0.493 e. The van der Waals surface area contributed by atoms with Gasteiger partial charge in [0.15, 0.2) is 11.5 Å². The van der Waals surface area contributed by atoms with Gasteiger partial charge in [-0.25, -0.2) is 0 Å². The molecule has 0 radical (unpaired) electrons. The van der Waals surface area contributed by atoms with Gasteiger partial charge >= 0.3 is 0 Å². The largest absolute Gasteiger partial charge is 0.493 e. The molecule has 1 aliphatic heterocycles. The van der Waals surface area contributed by atoms with Crippen LogP contribution in [0.1, 0.15) is 40.8 Å². The van der Waals surface area contributed by atoms with E-state index in [1.165, 1.54) is 5.56 Å².